The van der Waals surface area contributed by atoms with E-state index in [1.807, 2.05) is 19.1 Å². The molecule has 0 bridgehead atoms. The number of nitrogens with zero attached hydrogens (tertiary/aromatic N) is 2. The van der Waals surface area contributed by atoms with E-state index in [1.54, 1.807) is 18.3 Å². The first kappa shape index (κ1) is 14.7. The zero-order chi connectivity index (χ0) is 15.5. The average molecular weight is 301 g/mol. The molecule has 0 unspecified atom stereocenters. The molecule has 0 radical (unpaired) electrons. The highest BCUT2D eigenvalue weighted by molar-refractivity contribution is 5.89. The molecule has 1 aliphatic rings. The molecule has 22 heavy (non-hydrogen) atoms. The van der Waals surface area contributed by atoms with Crippen LogP contribution in [0, 0.1) is 6.92 Å². The van der Waals surface area contributed by atoms with Crippen LogP contribution in [0.5, 0.6) is 0 Å². The van der Waals surface area contributed by atoms with Gasteiger partial charge in [0.2, 0.25) is 0 Å². The van der Waals surface area contributed by atoms with Gasteiger partial charge in [-0.25, -0.2) is 4.79 Å². The maximum absolute atomic E-state index is 11.4. The molecule has 6 nitrogen and oxygen atoms in total. The summed E-state index contributed by atoms with van der Waals surface area (Å²) in [5.41, 5.74) is 3.30. The summed E-state index contributed by atoms with van der Waals surface area (Å²) in [6.07, 6.45) is 1.80. The lowest BCUT2D eigenvalue weighted by molar-refractivity contribution is -0.0146. The van der Waals surface area contributed by atoms with E-state index >= 15 is 0 Å². The number of ether oxygens (including phenoxy) is 1. The Bertz CT molecular complexity index is 668. The van der Waals surface area contributed by atoms with Crippen LogP contribution in [-0.4, -0.2) is 45.9 Å². The molecule has 2 N–H and O–H groups in total. The Morgan fingerprint density at radius 1 is 1.50 bits per heavy atom. The van der Waals surface area contributed by atoms with Gasteiger partial charge < -0.3 is 9.84 Å². The minimum atomic E-state index is -0.891. The van der Waals surface area contributed by atoms with Gasteiger partial charge in [0, 0.05) is 13.1 Å². The second-order valence-electron chi connectivity index (χ2n) is 5.49. The van der Waals surface area contributed by atoms with Crippen LogP contribution in [0.15, 0.2) is 30.5 Å². The van der Waals surface area contributed by atoms with Crippen LogP contribution in [-0.2, 0) is 11.3 Å². The highest BCUT2D eigenvalue weighted by atomic mass is 16.5. The van der Waals surface area contributed by atoms with E-state index in [-0.39, 0.29) is 6.04 Å². The zero-order valence-corrected chi connectivity index (χ0v) is 12.5. The van der Waals surface area contributed by atoms with Gasteiger partial charge in [0.1, 0.15) is 0 Å². The number of hydrogen-bond donors (Lipinski definition) is 2. The van der Waals surface area contributed by atoms with Crippen molar-refractivity contribution in [2.75, 3.05) is 19.8 Å². The number of aromatic nitrogens is 2. The summed E-state index contributed by atoms with van der Waals surface area (Å²) in [5.74, 6) is -0.891. The second-order valence-corrected chi connectivity index (χ2v) is 5.49. The van der Waals surface area contributed by atoms with E-state index in [0.29, 0.717) is 25.3 Å². The molecule has 6 heteroatoms. The number of aromatic carboxylic acids is 1. The first-order chi connectivity index (χ1) is 10.7. The molecule has 0 saturated carbocycles. The monoisotopic (exact) mass is 301 g/mol. The standard InChI is InChI=1S/C16H19N3O3/c1-11-8-17-18-15(11)14-10-22-7-6-19(14)9-12-4-2-3-5-13(12)16(20)21/h2-5,8,14H,6-7,9-10H2,1H3,(H,17,18)(H,20,21)/t14-/m1/s1. The van der Waals surface area contributed by atoms with Gasteiger partial charge in [-0.05, 0) is 24.1 Å². The van der Waals surface area contributed by atoms with Crippen molar-refractivity contribution in [2.24, 2.45) is 0 Å². The van der Waals surface area contributed by atoms with E-state index in [9.17, 15) is 9.90 Å². The Hall–Kier alpha value is -2.18. The lowest BCUT2D eigenvalue weighted by Gasteiger charge is -2.35. The summed E-state index contributed by atoms with van der Waals surface area (Å²) in [5, 5.41) is 16.5. The third kappa shape index (κ3) is 2.88. The van der Waals surface area contributed by atoms with Gasteiger partial charge in [-0.2, -0.15) is 5.10 Å². The summed E-state index contributed by atoms with van der Waals surface area (Å²) in [4.78, 5) is 13.6. The second kappa shape index (κ2) is 6.29. The molecule has 1 fully saturated rings. The van der Waals surface area contributed by atoms with Crippen molar-refractivity contribution in [2.45, 2.75) is 19.5 Å². The Morgan fingerprint density at radius 2 is 2.32 bits per heavy atom. The van der Waals surface area contributed by atoms with Crippen molar-refractivity contribution in [1.29, 1.82) is 0 Å². The number of carboxylic acid groups (broad SMARTS) is 1. The average Bonchev–Trinajstić information content (AvgIpc) is 2.94. The number of carbonyl (C=O) groups is 1. The van der Waals surface area contributed by atoms with E-state index in [1.165, 1.54) is 0 Å². The van der Waals surface area contributed by atoms with Crippen LogP contribution in [0.2, 0.25) is 0 Å². The number of rotatable bonds is 4. The molecule has 116 valence electrons. The molecule has 0 amide bonds. The van der Waals surface area contributed by atoms with Crippen molar-refractivity contribution in [3.8, 4) is 0 Å². The lowest BCUT2D eigenvalue weighted by atomic mass is 10.0. The van der Waals surface area contributed by atoms with Crippen molar-refractivity contribution in [3.63, 3.8) is 0 Å². The van der Waals surface area contributed by atoms with E-state index < -0.39 is 5.97 Å². The number of carboxylic acids is 1. The van der Waals surface area contributed by atoms with Gasteiger partial charge in [-0.3, -0.25) is 10.00 Å². The molecule has 3 rings (SSSR count). The molecule has 1 aromatic heterocycles. The summed E-state index contributed by atoms with van der Waals surface area (Å²) >= 11 is 0. The fraction of sp³-hybridized carbons (Fsp3) is 0.375. The minimum absolute atomic E-state index is 0.0677. The topological polar surface area (TPSA) is 78.5 Å². The zero-order valence-electron chi connectivity index (χ0n) is 12.5. The molecular weight excluding hydrogens is 282 g/mol. The molecule has 2 aromatic rings. The quantitative estimate of drug-likeness (QED) is 0.903. The van der Waals surface area contributed by atoms with Crippen LogP contribution in [0.1, 0.15) is 33.2 Å². The summed E-state index contributed by atoms with van der Waals surface area (Å²) in [6, 6.07) is 7.21. The molecule has 2 heterocycles. The summed E-state index contributed by atoms with van der Waals surface area (Å²) in [7, 11) is 0. The van der Waals surface area contributed by atoms with E-state index in [4.69, 9.17) is 4.74 Å². The predicted octanol–water partition coefficient (Wildman–Crippen LogP) is 1.99. The number of morpholine rings is 1. The van der Waals surface area contributed by atoms with Crippen LogP contribution >= 0.6 is 0 Å². The Kier molecular flexibility index (Phi) is 4.22. The summed E-state index contributed by atoms with van der Waals surface area (Å²) in [6.45, 7) is 4.58. The molecular formula is C16H19N3O3. The largest absolute Gasteiger partial charge is 0.478 e. The highest BCUT2D eigenvalue weighted by Gasteiger charge is 2.28. The van der Waals surface area contributed by atoms with Gasteiger partial charge in [0.25, 0.3) is 0 Å². The Balaban J connectivity index is 1.86. The van der Waals surface area contributed by atoms with Crippen molar-refractivity contribution in [1.82, 2.24) is 15.1 Å². The van der Waals surface area contributed by atoms with Crippen LogP contribution in [0.4, 0.5) is 0 Å². The first-order valence-electron chi connectivity index (χ1n) is 7.29. The number of H-pyrrole nitrogens is 1. The van der Waals surface area contributed by atoms with Gasteiger partial charge in [-0.1, -0.05) is 18.2 Å². The normalized spacial score (nSPS) is 19.2. The van der Waals surface area contributed by atoms with Gasteiger partial charge >= 0.3 is 5.97 Å². The number of benzene rings is 1. The van der Waals surface area contributed by atoms with Gasteiger partial charge in [0.15, 0.2) is 0 Å². The van der Waals surface area contributed by atoms with E-state index in [2.05, 4.69) is 15.1 Å². The van der Waals surface area contributed by atoms with Crippen molar-refractivity contribution in [3.05, 3.63) is 52.8 Å². The maximum atomic E-state index is 11.4. The molecule has 1 aromatic carbocycles. The minimum Gasteiger partial charge on any atom is -0.478 e. The lowest BCUT2D eigenvalue weighted by Crippen LogP contribution is -2.39. The van der Waals surface area contributed by atoms with E-state index in [0.717, 1.165) is 23.4 Å². The fourth-order valence-electron chi connectivity index (χ4n) is 2.87. The molecule has 0 spiro atoms. The fourth-order valence-corrected chi connectivity index (χ4v) is 2.87. The number of aromatic amines is 1. The van der Waals surface area contributed by atoms with Gasteiger partial charge in [0.05, 0.1) is 36.7 Å². The smallest absolute Gasteiger partial charge is 0.336 e. The third-order valence-corrected chi connectivity index (χ3v) is 4.06. The SMILES string of the molecule is Cc1cn[nH]c1[C@H]1COCCN1Cc1ccccc1C(=O)O. The number of nitrogens with one attached hydrogen (secondary N) is 1. The Morgan fingerprint density at radius 3 is 3.05 bits per heavy atom. The highest BCUT2D eigenvalue weighted by Crippen LogP contribution is 2.27. The Labute approximate surface area is 128 Å². The molecule has 1 atom stereocenters. The number of aryl methyl sites for hydroxylation is 1. The number of hydrogen-bond acceptors (Lipinski definition) is 4. The predicted molar refractivity (Wildman–Crippen MR) is 80.7 cm³/mol. The van der Waals surface area contributed by atoms with Crippen molar-refractivity contribution >= 4 is 5.97 Å². The molecule has 1 saturated heterocycles. The van der Waals surface area contributed by atoms with Crippen LogP contribution in [0.3, 0.4) is 0 Å². The molecule has 1 aliphatic heterocycles. The first-order valence-corrected chi connectivity index (χ1v) is 7.29. The van der Waals surface area contributed by atoms with Crippen molar-refractivity contribution < 1.29 is 14.6 Å². The summed E-state index contributed by atoms with van der Waals surface area (Å²) < 4.78 is 5.60. The van der Waals surface area contributed by atoms with Crippen LogP contribution in [0.25, 0.3) is 0 Å². The third-order valence-electron chi connectivity index (χ3n) is 4.06. The molecule has 0 aliphatic carbocycles. The van der Waals surface area contributed by atoms with Gasteiger partial charge in [-0.15, -0.1) is 0 Å². The maximum Gasteiger partial charge on any atom is 0.336 e. The van der Waals surface area contributed by atoms with Crippen LogP contribution < -0.4 is 0 Å².